The normalized spacial score (nSPS) is 16.6. The van der Waals surface area contributed by atoms with Gasteiger partial charge < -0.3 is 10.5 Å². The average Bonchev–Trinajstić information content (AvgIpc) is 2.91. The minimum Gasteiger partial charge on any atom is -0.435 e. The third-order valence-corrected chi connectivity index (χ3v) is 4.05. The zero-order valence-electron chi connectivity index (χ0n) is 11.8. The monoisotopic (exact) mass is 303 g/mol. The van der Waals surface area contributed by atoms with Gasteiger partial charge in [-0.25, -0.2) is 0 Å². The lowest BCUT2D eigenvalue weighted by Crippen LogP contribution is -2.15. The summed E-state index contributed by atoms with van der Waals surface area (Å²) < 4.78 is 29.6. The predicted octanol–water partition coefficient (Wildman–Crippen LogP) is 3.47. The van der Waals surface area contributed by atoms with Gasteiger partial charge in [-0.3, -0.25) is 4.79 Å². The molecule has 2 aromatic rings. The van der Waals surface area contributed by atoms with Crippen molar-refractivity contribution < 1.29 is 18.3 Å². The Labute approximate surface area is 126 Å². The molecule has 0 aromatic heterocycles. The molecule has 2 aromatic carbocycles. The summed E-state index contributed by atoms with van der Waals surface area (Å²) >= 11 is 0. The number of hydrogen-bond acceptors (Lipinski definition) is 2. The van der Waals surface area contributed by atoms with E-state index in [9.17, 15) is 13.6 Å². The fourth-order valence-electron chi connectivity index (χ4n) is 3.18. The quantitative estimate of drug-likeness (QED) is 0.940. The third kappa shape index (κ3) is 2.54. The predicted molar refractivity (Wildman–Crippen MR) is 78.2 cm³/mol. The van der Waals surface area contributed by atoms with Gasteiger partial charge >= 0.3 is 6.61 Å². The minimum atomic E-state index is -2.84. The molecule has 0 unspecified atom stereocenters. The van der Waals surface area contributed by atoms with Crippen LogP contribution in [-0.2, 0) is 6.42 Å². The second-order valence-corrected chi connectivity index (χ2v) is 5.25. The molecule has 5 heteroatoms. The Balaban J connectivity index is 2.04. The molecular weight excluding hydrogens is 288 g/mol. The highest BCUT2D eigenvalue weighted by Crippen LogP contribution is 2.43. The van der Waals surface area contributed by atoms with Crippen molar-refractivity contribution in [3.8, 4) is 5.75 Å². The molecule has 1 amide bonds. The van der Waals surface area contributed by atoms with Crippen LogP contribution in [-0.4, -0.2) is 12.5 Å². The van der Waals surface area contributed by atoms with Gasteiger partial charge in [-0.15, -0.1) is 0 Å². The number of ether oxygens (including phenoxy) is 1. The number of halogens is 2. The van der Waals surface area contributed by atoms with Crippen LogP contribution in [0.4, 0.5) is 8.78 Å². The average molecular weight is 303 g/mol. The topological polar surface area (TPSA) is 52.3 Å². The molecule has 1 atom stereocenters. The molecule has 0 aliphatic heterocycles. The first-order valence-corrected chi connectivity index (χ1v) is 7.03. The standard InChI is InChI=1S/C17H15F2NO2/c18-17(19)22-15-7-3-6-10-12(8-9-13(10)15)11-4-1-2-5-14(11)16(20)21/h1-7,12,17H,8-9H2,(H2,20,21)/t12-/m1/s1. The molecule has 0 spiro atoms. The van der Waals surface area contributed by atoms with E-state index < -0.39 is 12.5 Å². The van der Waals surface area contributed by atoms with Crippen molar-refractivity contribution in [2.45, 2.75) is 25.4 Å². The van der Waals surface area contributed by atoms with Crippen LogP contribution in [0.15, 0.2) is 42.5 Å². The summed E-state index contributed by atoms with van der Waals surface area (Å²) in [6.07, 6.45) is 1.37. The first kappa shape index (κ1) is 14.5. The molecule has 1 aliphatic carbocycles. The van der Waals surface area contributed by atoms with Crippen molar-refractivity contribution in [2.75, 3.05) is 0 Å². The lowest BCUT2D eigenvalue weighted by Gasteiger charge is -2.16. The van der Waals surface area contributed by atoms with Gasteiger partial charge in [0, 0.05) is 11.5 Å². The van der Waals surface area contributed by atoms with E-state index in [4.69, 9.17) is 5.73 Å². The molecule has 0 radical (unpaired) electrons. The number of carbonyl (C=O) groups excluding carboxylic acids is 1. The Morgan fingerprint density at radius 3 is 2.59 bits per heavy atom. The SMILES string of the molecule is NC(=O)c1ccccc1[C@@H]1CCc2c(OC(F)F)cccc21. The van der Waals surface area contributed by atoms with Crippen molar-refractivity contribution in [1.82, 2.24) is 0 Å². The molecule has 0 saturated carbocycles. The fraction of sp³-hybridized carbons (Fsp3) is 0.235. The molecule has 0 fully saturated rings. The van der Waals surface area contributed by atoms with Crippen molar-refractivity contribution >= 4 is 5.91 Å². The molecule has 0 bridgehead atoms. The maximum absolute atomic E-state index is 12.5. The van der Waals surface area contributed by atoms with Gasteiger partial charge in [-0.05, 0) is 41.7 Å². The van der Waals surface area contributed by atoms with E-state index in [1.54, 1.807) is 24.3 Å². The van der Waals surface area contributed by atoms with E-state index in [1.807, 2.05) is 18.2 Å². The van der Waals surface area contributed by atoms with Gasteiger partial charge in [-0.2, -0.15) is 8.78 Å². The smallest absolute Gasteiger partial charge is 0.387 e. The Morgan fingerprint density at radius 2 is 1.86 bits per heavy atom. The highest BCUT2D eigenvalue weighted by molar-refractivity contribution is 5.94. The lowest BCUT2D eigenvalue weighted by molar-refractivity contribution is -0.0504. The Bertz CT molecular complexity index is 716. The van der Waals surface area contributed by atoms with Crippen molar-refractivity contribution in [3.63, 3.8) is 0 Å². The first-order valence-electron chi connectivity index (χ1n) is 7.03. The maximum Gasteiger partial charge on any atom is 0.387 e. The van der Waals surface area contributed by atoms with Crippen molar-refractivity contribution in [3.05, 3.63) is 64.7 Å². The number of fused-ring (bicyclic) bond motifs is 1. The van der Waals surface area contributed by atoms with E-state index in [0.29, 0.717) is 12.0 Å². The van der Waals surface area contributed by atoms with E-state index >= 15 is 0 Å². The Kier molecular flexibility index (Phi) is 3.79. The van der Waals surface area contributed by atoms with Gasteiger partial charge in [0.05, 0.1) is 0 Å². The molecule has 2 N–H and O–H groups in total. The summed E-state index contributed by atoms with van der Waals surface area (Å²) in [5.74, 6) is -0.296. The van der Waals surface area contributed by atoms with Crippen LogP contribution in [0.25, 0.3) is 0 Å². The summed E-state index contributed by atoms with van der Waals surface area (Å²) in [4.78, 5) is 11.6. The first-order chi connectivity index (χ1) is 10.6. The number of rotatable bonds is 4. The molecule has 114 valence electrons. The zero-order valence-corrected chi connectivity index (χ0v) is 11.8. The van der Waals surface area contributed by atoms with Gasteiger partial charge in [-0.1, -0.05) is 30.3 Å². The van der Waals surface area contributed by atoms with Crippen molar-refractivity contribution in [1.29, 1.82) is 0 Å². The highest BCUT2D eigenvalue weighted by atomic mass is 19.3. The van der Waals surface area contributed by atoms with Crippen LogP contribution < -0.4 is 10.5 Å². The van der Waals surface area contributed by atoms with Crippen LogP contribution in [0.2, 0.25) is 0 Å². The van der Waals surface area contributed by atoms with Crippen LogP contribution in [0.3, 0.4) is 0 Å². The summed E-state index contributed by atoms with van der Waals surface area (Å²) in [6.45, 7) is -2.84. The number of carbonyl (C=O) groups is 1. The number of primary amides is 1. The summed E-state index contributed by atoms with van der Waals surface area (Å²) in [5, 5.41) is 0. The van der Waals surface area contributed by atoms with Crippen molar-refractivity contribution in [2.24, 2.45) is 5.73 Å². The fourth-order valence-corrected chi connectivity index (χ4v) is 3.18. The van der Waals surface area contributed by atoms with Crippen LogP contribution in [0.5, 0.6) is 5.75 Å². The van der Waals surface area contributed by atoms with Gasteiger partial charge in [0.25, 0.3) is 0 Å². The molecular formula is C17H15F2NO2. The molecule has 0 heterocycles. The molecule has 3 rings (SSSR count). The number of nitrogens with two attached hydrogens (primary N) is 1. The molecule has 0 saturated heterocycles. The lowest BCUT2D eigenvalue weighted by atomic mass is 9.89. The second kappa shape index (κ2) is 5.75. The van der Waals surface area contributed by atoms with E-state index in [1.165, 1.54) is 0 Å². The van der Waals surface area contributed by atoms with Crippen LogP contribution in [0, 0.1) is 0 Å². The van der Waals surface area contributed by atoms with Gasteiger partial charge in [0.1, 0.15) is 5.75 Å². The minimum absolute atomic E-state index is 0.0278. The maximum atomic E-state index is 12.5. The van der Waals surface area contributed by atoms with Gasteiger partial charge in [0.2, 0.25) is 5.91 Å². The summed E-state index contributed by atoms with van der Waals surface area (Å²) in [5.41, 5.74) is 8.45. The third-order valence-electron chi connectivity index (χ3n) is 4.05. The number of amides is 1. The van der Waals surface area contributed by atoms with E-state index in [0.717, 1.165) is 23.1 Å². The van der Waals surface area contributed by atoms with Gasteiger partial charge in [0.15, 0.2) is 0 Å². The van der Waals surface area contributed by atoms with E-state index in [-0.39, 0.29) is 11.7 Å². The highest BCUT2D eigenvalue weighted by Gasteiger charge is 2.29. The zero-order chi connectivity index (χ0) is 15.7. The van der Waals surface area contributed by atoms with Crippen LogP contribution in [0.1, 0.15) is 39.4 Å². The van der Waals surface area contributed by atoms with Crippen LogP contribution >= 0.6 is 0 Å². The Morgan fingerprint density at radius 1 is 1.14 bits per heavy atom. The number of benzene rings is 2. The summed E-state index contributed by atoms with van der Waals surface area (Å²) in [6, 6.07) is 12.3. The van der Waals surface area contributed by atoms with E-state index in [2.05, 4.69) is 4.74 Å². The molecule has 1 aliphatic rings. The number of hydrogen-bond donors (Lipinski definition) is 1. The largest absolute Gasteiger partial charge is 0.435 e. The second-order valence-electron chi connectivity index (χ2n) is 5.25. The molecule has 3 nitrogen and oxygen atoms in total. The Hall–Kier alpha value is -2.43. The molecule has 22 heavy (non-hydrogen) atoms. The number of alkyl halides is 2. The summed E-state index contributed by atoms with van der Waals surface area (Å²) in [7, 11) is 0.